The first-order valence-corrected chi connectivity index (χ1v) is 6.19. The molecule has 0 spiro atoms. The second kappa shape index (κ2) is 5.45. The van der Waals surface area contributed by atoms with E-state index < -0.39 is 31.2 Å². The third-order valence-electron chi connectivity index (χ3n) is 2.93. The molecule has 0 unspecified atom stereocenters. The van der Waals surface area contributed by atoms with E-state index in [-0.39, 0.29) is 16.9 Å². The van der Waals surface area contributed by atoms with Gasteiger partial charge in [-0.3, -0.25) is 4.57 Å². The van der Waals surface area contributed by atoms with Crippen molar-refractivity contribution in [3.63, 3.8) is 0 Å². The van der Waals surface area contributed by atoms with Crippen LogP contribution in [-0.2, 0) is 6.50 Å². The number of hydrogen-bond donors (Lipinski definition) is 0. The fraction of sp³-hybridized carbons (Fsp3) is 0.200. The fourth-order valence-electron chi connectivity index (χ4n) is 1.99. The van der Waals surface area contributed by atoms with Crippen LogP contribution in [-0.4, -0.2) is 15.9 Å². The SMILES string of the molecule is [2H]C([2H])([2H])C([2H])([2H])n1c(=O)oc2ccc(-c3ccc(OC(F)(F)F)cc3)nc21. The van der Waals surface area contributed by atoms with Gasteiger partial charge in [0.05, 0.1) is 5.69 Å². The van der Waals surface area contributed by atoms with Gasteiger partial charge in [-0.25, -0.2) is 9.78 Å². The van der Waals surface area contributed by atoms with Gasteiger partial charge in [-0.05, 0) is 43.3 Å². The minimum absolute atomic E-state index is 0.140. The first-order valence-electron chi connectivity index (χ1n) is 8.69. The molecule has 120 valence electrons. The summed E-state index contributed by atoms with van der Waals surface area (Å²) in [7, 11) is 0. The minimum Gasteiger partial charge on any atom is -0.406 e. The van der Waals surface area contributed by atoms with Gasteiger partial charge in [0, 0.05) is 18.9 Å². The molecule has 2 aromatic heterocycles. The quantitative estimate of drug-likeness (QED) is 0.737. The van der Waals surface area contributed by atoms with Crippen LogP contribution in [0, 0.1) is 0 Å². The number of alkyl halides is 3. The van der Waals surface area contributed by atoms with E-state index in [1.807, 2.05) is 0 Å². The highest BCUT2D eigenvalue weighted by Gasteiger charge is 2.30. The van der Waals surface area contributed by atoms with Crippen molar-refractivity contribution >= 4 is 11.2 Å². The summed E-state index contributed by atoms with van der Waals surface area (Å²) < 4.78 is 83.2. The van der Waals surface area contributed by atoms with Gasteiger partial charge in [-0.1, -0.05) is 0 Å². The van der Waals surface area contributed by atoms with Crippen LogP contribution >= 0.6 is 0 Å². The van der Waals surface area contributed by atoms with Gasteiger partial charge < -0.3 is 9.15 Å². The van der Waals surface area contributed by atoms with Crippen LogP contribution in [0.2, 0.25) is 0 Å². The molecular formula is C15H11F3N2O3. The van der Waals surface area contributed by atoms with Crippen molar-refractivity contribution in [3.8, 4) is 17.0 Å². The number of hydrogen-bond acceptors (Lipinski definition) is 4. The Morgan fingerprint density at radius 2 is 2.04 bits per heavy atom. The third kappa shape index (κ3) is 3.05. The summed E-state index contributed by atoms with van der Waals surface area (Å²) in [5.41, 5.74) is -0.00818. The van der Waals surface area contributed by atoms with E-state index in [0.29, 0.717) is 10.1 Å². The molecule has 0 fully saturated rings. The Morgan fingerprint density at radius 3 is 2.70 bits per heavy atom. The Balaban J connectivity index is 2.08. The van der Waals surface area contributed by atoms with Crippen molar-refractivity contribution < 1.29 is 29.2 Å². The number of benzene rings is 1. The number of aryl methyl sites for hydroxylation is 1. The molecule has 0 aliphatic rings. The zero-order chi connectivity index (χ0) is 20.9. The predicted molar refractivity (Wildman–Crippen MR) is 76.1 cm³/mol. The molecule has 0 amide bonds. The van der Waals surface area contributed by atoms with E-state index in [2.05, 4.69) is 9.72 Å². The summed E-state index contributed by atoms with van der Waals surface area (Å²) in [6.45, 7) is -6.27. The van der Waals surface area contributed by atoms with Crippen molar-refractivity contribution in [2.75, 3.05) is 0 Å². The zero-order valence-electron chi connectivity index (χ0n) is 16.2. The van der Waals surface area contributed by atoms with Crippen LogP contribution in [0.4, 0.5) is 13.2 Å². The van der Waals surface area contributed by atoms with Crippen LogP contribution < -0.4 is 10.5 Å². The second-order valence-corrected chi connectivity index (χ2v) is 4.41. The van der Waals surface area contributed by atoms with E-state index in [4.69, 9.17) is 11.3 Å². The van der Waals surface area contributed by atoms with Crippen molar-refractivity contribution in [1.82, 2.24) is 9.55 Å². The van der Waals surface area contributed by atoms with Crippen LogP contribution in [0.15, 0.2) is 45.6 Å². The zero-order valence-corrected chi connectivity index (χ0v) is 11.2. The van der Waals surface area contributed by atoms with Crippen molar-refractivity contribution in [3.05, 3.63) is 46.9 Å². The molecule has 5 nitrogen and oxygen atoms in total. The van der Waals surface area contributed by atoms with Gasteiger partial charge in [0.15, 0.2) is 11.2 Å². The summed E-state index contributed by atoms with van der Waals surface area (Å²) in [4.78, 5) is 16.1. The molecule has 3 aromatic rings. The largest absolute Gasteiger partial charge is 0.573 e. The van der Waals surface area contributed by atoms with Gasteiger partial charge in [0.1, 0.15) is 5.75 Å². The normalized spacial score (nSPS) is 16.2. The third-order valence-corrected chi connectivity index (χ3v) is 2.93. The topological polar surface area (TPSA) is 57.3 Å². The van der Waals surface area contributed by atoms with E-state index in [1.54, 1.807) is 0 Å². The Morgan fingerprint density at radius 1 is 1.30 bits per heavy atom. The number of oxazole rings is 1. The van der Waals surface area contributed by atoms with Crippen molar-refractivity contribution in [2.24, 2.45) is 0 Å². The minimum atomic E-state index is -4.84. The molecule has 0 aliphatic carbocycles. The highest BCUT2D eigenvalue weighted by Crippen LogP contribution is 2.26. The molecule has 23 heavy (non-hydrogen) atoms. The van der Waals surface area contributed by atoms with Gasteiger partial charge in [0.2, 0.25) is 0 Å². The van der Waals surface area contributed by atoms with Gasteiger partial charge in [0.25, 0.3) is 0 Å². The lowest BCUT2D eigenvalue weighted by Crippen LogP contribution is -2.16. The van der Waals surface area contributed by atoms with Crippen LogP contribution in [0.25, 0.3) is 22.5 Å². The number of rotatable bonds is 3. The van der Waals surface area contributed by atoms with E-state index >= 15 is 0 Å². The molecule has 1 aromatic carbocycles. The molecule has 0 saturated heterocycles. The van der Waals surface area contributed by atoms with E-state index in [1.165, 1.54) is 24.3 Å². The molecule has 0 bridgehead atoms. The number of pyridine rings is 1. The molecule has 2 heterocycles. The van der Waals surface area contributed by atoms with Gasteiger partial charge in [-0.2, -0.15) is 0 Å². The van der Waals surface area contributed by atoms with Gasteiger partial charge in [-0.15, -0.1) is 13.2 Å². The molecule has 0 N–H and O–H groups in total. The first kappa shape index (κ1) is 10.1. The number of halogens is 3. The van der Waals surface area contributed by atoms with Crippen LogP contribution in [0.3, 0.4) is 0 Å². The lowest BCUT2D eigenvalue weighted by Gasteiger charge is -2.09. The average Bonchev–Trinajstić information content (AvgIpc) is 2.88. The van der Waals surface area contributed by atoms with Crippen molar-refractivity contribution in [2.45, 2.75) is 19.7 Å². The smallest absolute Gasteiger partial charge is 0.406 e. The molecule has 0 aliphatic heterocycles. The second-order valence-electron chi connectivity index (χ2n) is 4.41. The highest BCUT2D eigenvalue weighted by atomic mass is 19.4. The maximum Gasteiger partial charge on any atom is 0.573 e. The standard InChI is InChI=1S/C15H11F3N2O3/c1-2-20-13-12(22-14(20)21)8-7-11(19-13)9-3-5-10(6-4-9)23-15(16,17)18/h3-8H,2H2,1H3/i1D3,2D2. The lowest BCUT2D eigenvalue weighted by molar-refractivity contribution is -0.274. The predicted octanol–water partition coefficient (Wildman–Crippen LogP) is 3.58. The average molecular weight is 329 g/mol. The lowest BCUT2D eigenvalue weighted by atomic mass is 10.1. The van der Waals surface area contributed by atoms with Crippen LogP contribution in [0.5, 0.6) is 5.75 Å². The molecule has 8 heteroatoms. The molecule has 3 rings (SSSR count). The number of fused-ring (bicyclic) bond motifs is 1. The number of aromatic nitrogens is 2. The Bertz CT molecular complexity index is 1070. The number of ether oxygens (including phenoxy) is 1. The maximum atomic E-state index is 12.2. The molecule has 0 radical (unpaired) electrons. The fourth-order valence-corrected chi connectivity index (χ4v) is 1.99. The summed E-state index contributed by atoms with van der Waals surface area (Å²) in [5, 5.41) is 0. The van der Waals surface area contributed by atoms with E-state index in [0.717, 1.165) is 12.1 Å². The maximum absolute atomic E-state index is 12.2. The molecular weight excluding hydrogens is 313 g/mol. The summed E-state index contributed by atoms with van der Waals surface area (Å²) in [6, 6.07) is 7.33. The Kier molecular flexibility index (Phi) is 2.39. The number of nitrogens with zero attached hydrogens (tertiary/aromatic N) is 2. The van der Waals surface area contributed by atoms with Crippen LogP contribution in [0.1, 0.15) is 13.7 Å². The Labute approximate surface area is 135 Å². The summed E-state index contributed by atoms with van der Waals surface area (Å²) in [6.07, 6.45) is -4.84. The summed E-state index contributed by atoms with van der Waals surface area (Å²) in [5.74, 6) is -1.69. The van der Waals surface area contributed by atoms with E-state index in [9.17, 15) is 18.0 Å². The monoisotopic (exact) mass is 329 g/mol. The Hall–Kier alpha value is -2.77. The van der Waals surface area contributed by atoms with Crippen molar-refractivity contribution in [1.29, 1.82) is 0 Å². The van der Waals surface area contributed by atoms with Gasteiger partial charge >= 0.3 is 12.1 Å². The highest BCUT2D eigenvalue weighted by molar-refractivity contribution is 5.73. The first-order chi connectivity index (χ1) is 12.8. The molecule has 0 atom stereocenters. The summed E-state index contributed by atoms with van der Waals surface area (Å²) >= 11 is 0. The molecule has 0 saturated carbocycles.